The van der Waals surface area contributed by atoms with Gasteiger partial charge in [-0.15, -0.1) is 0 Å². The Morgan fingerprint density at radius 2 is 1.79 bits per heavy atom. The Morgan fingerprint density at radius 1 is 1.21 bits per heavy atom. The quantitative estimate of drug-likeness (QED) is 0.599. The summed E-state index contributed by atoms with van der Waals surface area (Å²) in [5.74, 6) is 0.381. The number of benzene rings is 1. The molecule has 0 aromatic heterocycles. The summed E-state index contributed by atoms with van der Waals surface area (Å²) in [5, 5.41) is 10.5. The lowest BCUT2D eigenvalue weighted by molar-refractivity contribution is -0.384. The normalized spacial score (nSPS) is 15.2. The highest BCUT2D eigenvalue weighted by atomic mass is 16.6. The molecule has 19 heavy (non-hydrogen) atoms. The summed E-state index contributed by atoms with van der Waals surface area (Å²) in [5.41, 5.74) is -0.0663. The minimum atomic E-state index is -0.540. The lowest BCUT2D eigenvalue weighted by Crippen LogP contribution is -2.40. The number of nitro groups is 1. The second-order valence-corrected chi connectivity index (χ2v) is 4.14. The molecule has 0 saturated carbocycles. The average molecular weight is 264 g/mol. The zero-order chi connectivity index (χ0) is 13.8. The van der Waals surface area contributed by atoms with Crippen molar-refractivity contribution in [2.24, 2.45) is 0 Å². The van der Waals surface area contributed by atoms with Gasteiger partial charge < -0.3 is 9.64 Å². The minimum Gasteiger partial charge on any atom is -0.410 e. The number of ether oxygens (including phenoxy) is 1. The summed E-state index contributed by atoms with van der Waals surface area (Å²) in [6.07, 6.45) is 0.145. The number of likely N-dealkylation sites (tertiary alicyclic amines) is 1. The van der Waals surface area contributed by atoms with E-state index in [2.05, 4.69) is 0 Å². The molecule has 7 heteroatoms. The third-order valence-electron chi connectivity index (χ3n) is 2.83. The van der Waals surface area contributed by atoms with Gasteiger partial charge in [0.1, 0.15) is 11.5 Å². The zero-order valence-corrected chi connectivity index (χ0v) is 10.1. The van der Waals surface area contributed by atoms with Gasteiger partial charge in [0.15, 0.2) is 0 Å². The van der Waals surface area contributed by atoms with Gasteiger partial charge in [-0.05, 0) is 12.1 Å². The molecule has 0 atom stereocenters. The number of hydrogen-bond acceptors (Lipinski definition) is 5. The predicted octanol–water partition coefficient (Wildman–Crippen LogP) is 1.76. The Labute approximate surface area is 108 Å². The van der Waals surface area contributed by atoms with E-state index in [0.717, 1.165) is 0 Å². The summed E-state index contributed by atoms with van der Waals surface area (Å²) in [6.45, 7) is 0.704. The van der Waals surface area contributed by atoms with E-state index < -0.39 is 11.0 Å². The number of nitro benzene ring substituents is 1. The number of amides is 1. The monoisotopic (exact) mass is 264 g/mol. The molecule has 0 N–H and O–H groups in total. The van der Waals surface area contributed by atoms with Gasteiger partial charge >= 0.3 is 6.09 Å². The van der Waals surface area contributed by atoms with Crippen molar-refractivity contribution in [3.63, 3.8) is 0 Å². The third kappa shape index (κ3) is 3.27. The van der Waals surface area contributed by atoms with E-state index in [1.807, 2.05) is 0 Å². The van der Waals surface area contributed by atoms with Crippen LogP contribution in [-0.2, 0) is 4.79 Å². The first-order chi connectivity index (χ1) is 9.06. The largest absolute Gasteiger partial charge is 0.415 e. The lowest BCUT2D eigenvalue weighted by atomic mass is 10.1. The molecule has 0 spiro atoms. The molecule has 1 aliphatic heterocycles. The molecule has 1 saturated heterocycles. The number of piperidine rings is 1. The SMILES string of the molecule is O=C1CCN(C(=O)Oc2ccc([N+](=O)[O-])cc2)CC1. The highest BCUT2D eigenvalue weighted by Gasteiger charge is 2.22. The number of ketones is 1. The number of carbonyl (C=O) groups is 2. The van der Waals surface area contributed by atoms with Crippen LogP contribution < -0.4 is 4.74 Å². The summed E-state index contributed by atoms with van der Waals surface area (Å²) >= 11 is 0. The zero-order valence-electron chi connectivity index (χ0n) is 10.1. The molecule has 1 amide bonds. The van der Waals surface area contributed by atoms with Crippen LogP contribution in [0.2, 0.25) is 0 Å². The molecule has 1 aromatic carbocycles. The maximum atomic E-state index is 11.8. The van der Waals surface area contributed by atoms with Crippen LogP contribution in [0.25, 0.3) is 0 Å². The highest BCUT2D eigenvalue weighted by molar-refractivity contribution is 5.81. The fourth-order valence-corrected chi connectivity index (χ4v) is 1.74. The number of rotatable bonds is 2. The van der Waals surface area contributed by atoms with E-state index in [0.29, 0.717) is 25.9 Å². The molecule has 1 heterocycles. The van der Waals surface area contributed by atoms with Gasteiger partial charge in [0.25, 0.3) is 5.69 Å². The van der Waals surface area contributed by atoms with E-state index in [-0.39, 0.29) is 17.2 Å². The molecule has 0 aliphatic carbocycles. The van der Waals surface area contributed by atoms with E-state index in [4.69, 9.17) is 4.74 Å². The summed E-state index contributed by atoms with van der Waals surface area (Å²) in [7, 11) is 0. The first kappa shape index (κ1) is 13.0. The number of hydrogen-bond donors (Lipinski definition) is 0. The van der Waals surface area contributed by atoms with Crippen molar-refractivity contribution in [3.05, 3.63) is 34.4 Å². The molecular formula is C12H12N2O5. The van der Waals surface area contributed by atoms with Crippen molar-refractivity contribution < 1.29 is 19.2 Å². The maximum Gasteiger partial charge on any atom is 0.415 e. The molecule has 100 valence electrons. The molecule has 7 nitrogen and oxygen atoms in total. The summed E-state index contributed by atoms with van der Waals surface area (Å²) in [6, 6.07) is 5.26. The average Bonchev–Trinajstić information content (AvgIpc) is 2.40. The van der Waals surface area contributed by atoms with Crippen molar-refractivity contribution in [2.45, 2.75) is 12.8 Å². The van der Waals surface area contributed by atoms with Gasteiger partial charge in [-0.1, -0.05) is 0 Å². The predicted molar refractivity (Wildman–Crippen MR) is 64.9 cm³/mol. The Balaban J connectivity index is 1.95. The van der Waals surface area contributed by atoms with Crippen molar-refractivity contribution in [1.29, 1.82) is 0 Å². The summed E-state index contributed by atoms with van der Waals surface area (Å²) in [4.78, 5) is 34.2. The van der Waals surface area contributed by atoms with E-state index >= 15 is 0 Å². The fourth-order valence-electron chi connectivity index (χ4n) is 1.74. The fraction of sp³-hybridized carbons (Fsp3) is 0.333. The van der Waals surface area contributed by atoms with E-state index in [1.54, 1.807) is 0 Å². The third-order valence-corrected chi connectivity index (χ3v) is 2.83. The van der Waals surface area contributed by atoms with E-state index in [9.17, 15) is 19.7 Å². The van der Waals surface area contributed by atoms with Crippen LogP contribution >= 0.6 is 0 Å². The van der Waals surface area contributed by atoms with Crippen LogP contribution in [-0.4, -0.2) is 34.8 Å². The summed E-state index contributed by atoms with van der Waals surface area (Å²) < 4.78 is 5.08. The van der Waals surface area contributed by atoms with Crippen LogP contribution in [0, 0.1) is 10.1 Å². The smallest absolute Gasteiger partial charge is 0.410 e. The van der Waals surface area contributed by atoms with Crippen molar-refractivity contribution in [2.75, 3.05) is 13.1 Å². The Kier molecular flexibility index (Phi) is 3.74. The molecule has 1 aliphatic rings. The van der Waals surface area contributed by atoms with Crippen LogP contribution in [0.1, 0.15) is 12.8 Å². The molecule has 0 unspecified atom stereocenters. The number of nitrogens with zero attached hydrogens (tertiary/aromatic N) is 2. The van der Waals surface area contributed by atoms with Crippen molar-refractivity contribution in [1.82, 2.24) is 4.90 Å². The van der Waals surface area contributed by atoms with Gasteiger partial charge in [0, 0.05) is 38.1 Å². The molecular weight excluding hydrogens is 252 g/mol. The Bertz CT molecular complexity index is 501. The second-order valence-electron chi connectivity index (χ2n) is 4.14. The highest BCUT2D eigenvalue weighted by Crippen LogP contribution is 2.18. The molecule has 2 rings (SSSR count). The first-order valence-corrected chi connectivity index (χ1v) is 5.79. The van der Waals surface area contributed by atoms with Crippen molar-refractivity contribution in [3.8, 4) is 5.75 Å². The van der Waals surface area contributed by atoms with Gasteiger partial charge in [-0.25, -0.2) is 4.79 Å². The van der Waals surface area contributed by atoms with Crippen molar-refractivity contribution >= 4 is 17.6 Å². The second kappa shape index (κ2) is 5.47. The van der Waals surface area contributed by atoms with Crippen LogP contribution in [0.4, 0.5) is 10.5 Å². The maximum absolute atomic E-state index is 11.8. The number of carbonyl (C=O) groups excluding carboxylic acids is 2. The van der Waals surface area contributed by atoms with E-state index in [1.165, 1.54) is 29.2 Å². The van der Waals surface area contributed by atoms with Gasteiger partial charge in [0.05, 0.1) is 4.92 Å². The number of Topliss-reactive ketones (excluding diaryl/α,β-unsaturated/α-hetero) is 1. The first-order valence-electron chi connectivity index (χ1n) is 5.79. The molecule has 0 radical (unpaired) electrons. The molecule has 0 bridgehead atoms. The topological polar surface area (TPSA) is 89.8 Å². The van der Waals surface area contributed by atoms with Crippen LogP contribution in [0.15, 0.2) is 24.3 Å². The minimum absolute atomic E-state index is 0.0663. The molecule has 1 fully saturated rings. The standard InChI is InChI=1S/C12H12N2O5/c15-10-5-7-13(8-6-10)12(16)19-11-3-1-9(2-4-11)14(17)18/h1-4H,5-8H2. The van der Waals surface area contributed by atoms with Crippen LogP contribution in [0.3, 0.4) is 0 Å². The lowest BCUT2D eigenvalue weighted by Gasteiger charge is -2.24. The van der Waals surface area contributed by atoms with Gasteiger partial charge in [0.2, 0.25) is 0 Å². The van der Waals surface area contributed by atoms with Crippen LogP contribution in [0.5, 0.6) is 5.75 Å². The van der Waals surface area contributed by atoms with Gasteiger partial charge in [-0.2, -0.15) is 0 Å². The molecule has 1 aromatic rings. The Hall–Kier alpha value is -2.44. The number of non-ortho nitro benzene ring substituents is 1. The van der Waals surface area contributed by atoms with Gasteiger partial charge in [-0.3, -0.25) is 14.9 Å². The Morgan fingerprint density at radius 3 is 2.32 bits per heavy atom.